The van der Waals surface area contributed by atoms with Crippen LogP contribution in [0.3, 0.4) is 0 Å². The second kappa shape index (κ2) is 5.81. The van der Waals surface area contributed by atoms with E-state index >= 15 is 0 Å². The third kappa shape index (κ3) is 2.62. The second-order valence-corrected chi connectivity index (χ2v) is 5.61. The van der Waals surface area contributed by atoms with Crippen LogP contribution in [0.4, 0.5) is 16.2 Å². The topological polar surface area (TPSA) is 64.5 Å². The summed E-state index contributed by atoms with van der Waals surface area (Å²) in [6.45, 7) is 1.06. The number of benzene rings is 2. The summed E-state index contributed by atoms with van der Waals surface area (Å²) in [6.07, 6.45) is 1.90. The van der Waals surface area contributed by atoms with E-state index in [-0.39, 0.29) is 6.03 Å². The number of fused-ring (bicyclic) bond motifs is 2. The molecule has 0 fully saturated rings. The molecule has 1 aromatic heterocycles. The van der Waals surface area contributed by atoms with Crippen LogP contribution in [0.15, 0.2) is 48.7 Å². The van der Waals surface area contributed by atoms with E-state index in [1.807, 2.05) is 42.1 Å². The number of ether oxygens (including phenoxy) is 2. The lowest BCUT2D eigenvalue weighted by Gasteiger charge is -2.19. The lowest BCUT2D eigenvalue weighted by Crippen LogP contribution is -2.20. The fourth-order valence-corrected chi connectivity index (χ4v) is 2.85. The number of urea groups is 1. The van der Waals surface area contributed by atoms with Crippen molar-refractivity contribution in [2.24, 2.45) is 7.05 Å². The SMILES string of the molecule is Cn1cc(NC(=O)Nc2ccc3c(c2)OCCO3)c2ccccc21. The molecule has 122 valence electrons. The zero-order valence-corrected chi connectivity index (χ0v) is 13.2. The average molecular weight is 323 g/mol. The molecule has 24 heavy (non-hydrogen) atoms. The van der Waals surface area contributed by atoms with Gasteiger partial charge in [0.15, 0.2) is 11.5 Å². The Balaban J connectivity index is 1.52. The average Bonchev–Trinajstić information content (AvgIpc) is 2.91. The van der Waals surface area contributed by atoms with Crippen molar-refractivity contribution in [1.82, 2.24) is 4.57 Å². The van der Waals surface area contributed by atoms with Crippen LogP contribution < -0.4 is 20.1 Å². The van der Waals surface area contributed by atoms with Crippen molar-refractivity contribution in [3.8, 4) is 11.5 Å². The Hall–Kier alpha value is -3.15. The lowest BCUT2D eigenvalue weighted by molar-refractivity contribution is 0.171. The normalized spacial score (nSPS) is 12.9. The van der Waals surface area contributed by atoms with E-state index in [1.165, 1.54) is 0 Å². The number of para-hydroxylation sites is 1. The fourth-order valence-electron chi connectivity index (χ4n) is 2.85. The molecule has 0 aliphatic carbocycles. The lowest BCUT2D eigenvalue weighted by atomic mass is 10.2. The standard InChI is InChI=1S/C18H17N3O3/c1-21-11-14(13-4-2-3-5-15(13)21)20-18(22)19-12-6-7-16-17(10-12)24-9-8-23-16/h2-7,10-11H,8-9H2,1H3,(H2,19,20,22). The summed E-state index contributed by atoms with van der Waals surface area (Å²) in [4.78, 5) is 12.3. The van der Waals surface area contributed by atoms with Crippen LogP contribution in [0.5, 0.6) is 11.5 Å². The summed E-state index contributed by atoms with van der Waals surface area (Å²) in [5, 5.41) is 6.71. The summed E-state index contributed by atoms with van der Waals surface area (Å²) in [5.74, 6) is 1.34. The molecule has 0 saturated heterocycles. The van der Waals surface area contributed by atoms with Gasteiger partial charge in [-0.15, -0.1) is 0 Å². The predicted octanol–water partition coefficient (Wildman–Crippen LogP) is 3.59. The molecule has 4 rings (SSSR count). The first kappa shape index (κ1) is 14.4. The highest BCUT2D eigenvalue weighted by molar-refractivity contribution is 6.06. The molecule has 6 nitrogen and oxygen atoms in total. The van der Waals surface area contributed by atoms with Gasteiger partial charge >= 0.3 is 6.03 Å². The number of hydrogen-bond donors (Lipinski definition) is 2. The molecule has 6 heteroatoms. The number of nitrogens with one attached hydrogen (secondary N) is 2. The van der Waals surface area contributed by atoms with Gasteiger partial charge in [-0.05, 0) is 18.2 Å². The Kier molecular flexibility index (Phi) is 3.49. The number of rotatable bonds is 2. The minimum atomic E-state index is -0.303. The van der Waals surface area contributed by atoms with Crippen LogP contribution in [-0.4, -0.2) is 23.8 Å². The second-order valence-electron chi connectivity index (χ2n) is 5.61. The van der Waals surface area contributed by atoms with Gasteiger partial charge in [0.2, 0.25) is 0 Å². The van der Waals surface area contributed by atoms with Crippen molar-refractivity contribution in [3.05, 3.63) is 48.7 Å². The molecule has 0 radical (unpaired) electrons. The van der Waals surface area contributed by atoms with E-state index in [4.69, 9.17) is 9.47 Å². The molecule has 0 saturated carbocycles. The molecule has 1 aliphatic rings. The quantitative estimate of drug-likeness (QED) is 0.757. The molecule has 3 aromatic rings. The highest BCUT2D eigenvalue weighted by atomic mass is 16.6. The van der Waals surface area contributed by atoms with Gasteiger partial charge in [0, 0.05) is 35.9 Å². The largest absolute Gasteiger partial charge is 0.486 e. The number of amides is 2. The van der Waals surface area contributed by atoms with E-state index in [0.29, 0.717) is 30.4 Å². The van der Waals surface area contributed by atoms with Crippen LogP contribution in [0.1, 0.15) is 0 Å². The van der Waals surface area contributed by atoms with Gasteiger partial charge in [0.25, 0.3) is 0 Å². The molecule has 1 aliphatic heterocycles. The number of aryl methyl sites for hydroxylation is 1. The summed E-state index contributed by atoms with van der Waals surface area (Å²) >= 11 is 0. The highest BCUT2D eigenvalue weighted by Crippen LogP contribution is 2.32. The molecule has 2 heterocycles. The van der Waals surface area contributed by atoms with Crippen LogP contribution in [0, 0.1) is 0 Å². The van der Waals surface area contributed by atoms with Gasteiger partial charge in [-0.25, -0.2) is 4.79 Å². The Morgan fingerprint density at radius 3 is 2.71 bits per heavy atom. The van der Waals surface area contributed by atoms with E-state index in [9.17, 15) is 4.79 Å². The van der Waals surface area contributed by atoms with Gasteiger partial charge in [-0.3, -0.25) is 0 Å². The third-order valence-electron chi connectivity index (χ3n) is 3.95. The molecular weight excluding hydrogens is 306 g/mol. The van der Waals surface area contributed by atoms with Crippen LogP contribution in [0.25, 0.3) is 10.9 Å². The minimum Gasteiger partial charge on any atom is -0.486 e. The Morgan fingerprint density at radius 2 is 1.83 bits per heavy atom. The number of anilines is 2. The molecule has 0 atom stereocenters. The van der Waals surface area contributed by atoms with E-state index in [0.717, 1.165) is 16.6 Å². The van der Waals surface area contributed by atoms with Crippen molar-refractivity contribution >= 4 is 28.3 Å². The zero-order chi connectivity index (χ0) is 16.5. The summed E-state index contributed by atoms with van der Waals surface area (Å²) < 4.78 is 13.0. The van der Waals surface area contributed by atoms with Crippen molar-refractivity contribution in [2.45, 2.75) is 0 Å². The van der Waals surface area contributed by atoms with Gasteiger partial charge < -0.3 is 24.7 Å². The molecule has 2 aromatic carbocycles. The van der Waals surface area contributed by atoms with Crippen molar-refractivity contribution in [3.63, 3.8) is 0 Å². The first-order valence-corrected chi connectivity index (χ1v) is 7.72. The molecule has 0 unspecified atom stereocenters. The number of hydrogen-bond acceptors (Lipinski definition) is 3. The summed E-state index contributed by atoms with van der Waals surface area (Å²) in [5.41, 5.74) is 2.48. The first-order valence-electron chi connectivity index (χ1n) is 7.72. The van der Waals surface area contributed by atoms with Crippen LogP contribution in [-0.2, 0) is 7.05 Å². The van der Waals surface area contributed by atoms with E-state index in [2.05, 4.69) is 10.6 Å². The number of carbonyl (C=O) groups excluding carboxylic acids is 1. The van der Waals surface area contributed by atoms with Crippen LogP contribution in [0.2, 0.25) is 0 Å². The Labute approximate surface area is 139 Å². The maximum Gasteiger partial charge on any atom is 0.323 e. The van der Waals surface area contributed by atoms with E-state index in [1.54, 1.807) is 18.2 Å². The third-order valence-corrected chi connectivity index (χ3v) is 3.95. The Bertz CT molecular complexity index is 917. The smallest absolute Gasteiger partial charge is 0.323 e. The zero-order valence-electron chi connectivity index (χ0n) is 13.2. The number of carbonyl (C=O) groups is 1. The molecule has 2 N–H and O–H groups in total. The summed E-state index contributed by atoms with van der Waals surface area (Å²) in [7, 11) is 1.95. The fraction of sp³-hybridized carbons (Fsp3) is 0.167. The van der Waals surface area contributed by atoms with Gasteiger partial charge in [-0.1, -0.05) is 18.2 Å². The number of aromatic nitrogens is 1. The van der Waals surface area contributed by atoms with Crippen molar-refractivity contribution < 1.29 is 14.3 Å². The molecule has 0 spiro atoms. The first-order chi connectivity index (χ1) is 11.7. The number of nitrogens with zero attached hydrogens (tertiary/aromatic N) is 1. The maximum absolute atomic E-state index is 12.3. The predicted molar refractivity (Wildman–Crippen MR) is 93.0 cm³/mol. The van der Waals surface area contributed by atoms with Crippen LogP contribution >= 0.6 is 0 Å². The maximum atomic E-state index is 12.3. The van der Waals surface area contributed by atoms with Gasteiger partial charge in [0.05, 0.1) is 5.69 Å². The highest BCUT2D eigenvalue weighted by Gasteiger charge is 2.13. The van der Waals surface area contributed by atoms with Gasteiger partial charge in [-0.2, -0.15) is 0 Å². The van der Waals surface area contributed by atoms with Gasteiger partial charge in [0.1, 0.15) is 13.2 Å². The molecular formula is C18H17N3O3. The van der Waals surface area contributed by atoms with Crippen molar-refractivity contribution in [2.75, 3.05) is 23.8 Å². The van der Waals surface area contributed by atoms with Crippen molar-refractivity contribution in [1.29, 1.82) is 0 Å². The minimum absolute atomic E-state index is 0.303. The monoisotopic (exact) mass is 323 g/mol. The summed E-state index contributed by atoms with van der Waals surface area (Å²) in [6, 6.07) is 13.0. The molecule has 0 bridgehead atoms. The van der Waals surface area contributed by atoms with E-state index < -0.39 is 0 Å². The molecule has 2 amide bonds. The Morgan fingerprint density at radius 1 is 1.04 bits per heavy atom.